The van der Waals surface area contributed by atoms with Crippen LogP contribution in [-0.2, 0) is 5.41 Å². The van der Waals surface area contributed by atoms with Crippen LogP contribution >= 0.6 is 0 Å². The van der Waals surface area contributed by atoms with Gasteiger partial charge in [-0.25, -0.2) is 0 Å². The second-order valence-corrected chi connectivity index (χ2v) is 5.44. The molecule has 0 aromatic heterocycles. The van der Waals surface area contributed by atoms with E-state index in [4.69, 9.17) is 0 Å². The van der Waals surface area contributed by atoms with E-state index in [1.165, 1.54) is 5.56 Å². The first kappa shape index (κ1) is 14.5. The zero-order valence-corrected chi connectivity index (χ0v) is 11.8. The van der Waals surface area contributed by atoms with E-state index in [1.54, 1.807) is 0 Å². The molecule has 0 spiro atoms. The molecular formula is C16H23NO. The first-order valence-corrected chi connectivity index (χ1v) is 6.45. The first-order valence-electron chi connectivity index (χ1n) is 6.45. The highest BCUT2D eigenvalue weighted by Gasteiger charge is 2.13. The standard InChI is InChI=1S/C16H23NO/c1-5-6-7-12-17-15(18)13-8-10-14(11-9-13)16(2,3)4/h5-6,8-11H,7,12H2,1-4H3,(H,17,18)/b6-5+. The molecule has 0 radical (unpaired) electrons. The summed E-state index contributed by atoms with van der Waals surface area (Å²) in [5, 5.41) is 2.90. The van der Waals surface area contributed by atoms with E-state index in [2.05, 4.69) is 26.1 Å². The SMILES string of the molecule is C/C=C/CCNC(=O)c1ccc(C(C)(C)C)cc1. The molecule has 0 atom stereocenters. The van der Waals surface area contributed by atoms with Gasteiger partial charge in [0.1, 0.15) is 0 Å². The average molecular weight is 245 g/mol. The van der Waals surface area contributed by atoms with Gasteiger partial charge in [0.05, 0.1) is 0 Å². The van der Waals surface area contributed by atoms with Gasteiger partial charge in [0.2, 0.25) is 0 Å². The Morgan fingerprint density at radius 1 is 1.22 bits per heavy atom. The summed E-state index contributed by atoms with van der Waals surface area (Å²) in [6.45, 7) is 9.16. The normalized spacial score (nSPS) is 11.8. The zero-order chi connectivity index (χ0) is 13.6. The van der Waals surface area contributed by atoms with Crippen LogP contribution in [0.1, 0.15) is 50.0 Å². The van der Waals surface area contributed by atoms with Gasteiger partial charge in [-0.3, -0.25) is 4.79 Å². The maximum atomic E-state index is 11.8. The van der Waals surface area contributed by atoms with E-state index in [9.17, 15) is 4.79 Å². The van der Waals surface area contributed by atoms with Gasteiger partial charge in [-0.1, -0.05) is 45.1 Å². The van der Waals surface area contributed by atoms with Crippen molar-refractivity contribution in [1.82, 2.24) is 5.32 Å². The number of hydrogen-bond donors (Lipinski definition) is 1. The van der Waals surface area contributed by atoms with Gasteiger partial charge in [0.15, 0.2) is 0 Å². The highest BCUT2D eigenvalue weighted by Crippen LogP contribution is 2.22. The summed E-state index contributed by atoms with van der Waals surface area (Å²) in [6.07, 6.45) is 4.91. The van der Waals surface area contributed by atoms with Crippen molar-refractivity contribution in [3.63, 3.8) is 0 Å². The van der Waals surface area contributed by atoms with Crippen LogP contribution in [0.3, 0.4) is 0 Å². The Labute approximate surface area is 110 Å². The summed E-state index contributed by atoms with van der Waals surface area (Å²) in [4.78, 5) is 11.8. The molecule has 0 heterocycles. The van der Waals surface area contributed by atoms with Crippen molar-refractivity contribution in [2.75, 3.05) is 6.54 Å². The molecule has 0 aliphatic heterocycles. The predicted molar refractivity (Wildman–Crippen MR) is 76.9 cm³/mol. The maximum Gasteiger partial charge on any atom is 0.251 e. The largest absolute Gasteiger partial charge is 0.352 e. The van der Waals surface area contributed by atoms with Crippen molar-refractivity contribution in [3.8, 4) is 0 Å². The van der Waals surface area contributed by atoms with Crippen LogP contribution in [0.4, 0.5) is 0 Å². The molecule has 1 aromatic rings. The van der Waals surface area contributed by atoms with E-state index >= 15 is 0 Å². The molecule has 18 heavy (non-hydrogen) atoms. The first-order chi connectivity index (χ1) is 8.45. The fourth-order valence-electron chi connectivity index (χ4n) is 1.66. The highest BCUT2D eigenvalue weighted by atomic mass is 16.1. The Kier molecular flexibility index (Phi) is 5.14. The third-order valence-corrected chi connectivity index (χ3v) is 2.85. The van der Waals surface area contributed by atoms with E-state index in [-0.39, 0.29) is 11.3 Å². The third-order valence-electron chi connectivity index (χ3n) is 2.85. The number of nitrogens with one attached hydrogen (secondary N) is 1. The van der Waals surface area contributed by atoms with Gasteiger partial charge in [-0.15, -0.1) is 0 Å². The zero-order valence-electron chi connectivity index (χ0n) is 11.8. The molecule has 2 nitrogen and oxygen atoms in total. The minimum Gasteiger partial charge on any atom is -0.352 e. The molecule has 1 N–H and O–H groups in total. The number of carbonyl (C=O) groups excluding carboxylic acids is 1. The number of hydrogen-bond acceptors (Lipinski definition) is 1. The van der Waals surface area contributed by atoms with Crippen LogP contribution in [0.25, 0.3) is 0 Å². The lowest BCUT2D eigenvalue weighted by molar-refractivity contribution is 0.0954. The summed E-state index contributed by atoms with van der Waals surface area (Å²) in [5.41, 5.74) is 2.09. The molecule has 1 amide bonds. The van der Waals surface area contributed by atoms with Crippen LogP contribution in [-0.4, -0.2) is 12.5 Å². The quantitative estimate of drug-likeness (QED) is 0.636. The van der Waals surface area contributed by atoms with Crippen molar-refractivity contribution in [1.29, 1.82) is 0 Å². The van der Waals surface area contributed by atoms with Gasteiger partial charge >= 0.3 is 0 Å². The molecule has 0 fully saturated rings. The van der Waals surface area contributed by atoms with Gasteiger partial charge in [-0.05, 0) is 36.5 Å². The van der Waals surface area contributed by atoms with Crippen molar-refractivity contribution < 1.29 is 4.79 Å². The molecular weight excluding hydrogens is 222 g/mol. The fraction of sp³-hybridized carbons (Fsp3) is 0.438. The van der Waals surface area contributed by atoms with E-state index in [0.29, 0.717) is 6.54 Å². The minimum atomic E-state index is -0.0000350. The molecule has 0 aliphatic carbocycles. The van der Waals surface area contributed by atoms with Gasteiger partial charge < -0.3 is 5.32 Å². The van der Waals surface area contributed by atoms with Crippen molar-refractivity contribution in [2.24, 2.45) is 0 Å². The van der Waals surface area contributed by atoms with Crippen LogP contribution < -0.4 is 5.32 Å². The van der Waals surface area contributed by atoms with E-state index in [0.717, 1.165) is 12.0 Å². The second kappa shape index (κ2) is 6.39. The van der Waals surface area contributed by atoms with Crippen LogP contribution in [0, 0.1) is 0 Å². The molecule has 0 unspecified atom stereocenters. The highest BCUT2D eigenvalue weighted by molar-refractivity contribution is 5.94. The number of amides is 1. The summed E-state index contributed by atoms with van der Waals surface area (Å²) in [6, 6.07) is 7.85. The van der Waals surface area contributed by atoms with Crippen molar-refractivity contribution >= 4 is 5.91 Å². The molecule has 98 valence electrons. The van der Waals surface area contributed by atoms with Crippen LogP contribution in [0.2, 0.25) is 0 Å². The molecule has 1 rings (SSSR count). The number of allylic oxidation sites excluding steroid dienone is 1. The molecule has 2 heteroatoms. The van der Waals surface area contributed by atoms with Gasteiger partial charge in [-0.2, -0.15) is 0 Å². The Morgan fingerprint density at radius 3 is 2.33 bits per heavy atom. The van der Waals surface area contributed by atoms with Crippen LogP contribution in [0.5, 0.6) is 0 Å². The molecule has 0 bridgehead atoms. The predicted octanol–water partition coefficient (Wildman–Crippen LogP) is 3.68. The Balaban J connectivity index is 2.59. The Morgan fingerprint density at radius 2 is 1.83 bits per heavy atom. The Hall–Kier alpha value is -1.57. The number of carbonyl (C=O) groups is 1. The lowest BCUT2D eigenvalue weighted by Gasteiger charge is -2.19. The van der Waals surface area contributed by atoms with E-state index < -0.39 is 0 Å². The third kappa shape index (κ3) is 4.36. The summed E-state index contributed by atoms with van der Waals surface area (Å²) in [5.74, 6) is -0.0000350. The van der Waals surface area contributed by atoms with Crippen molar-refractivity contribution in [2.45, 2.75) is 39.5 Å². The maximum absolute atomic E-state index is 11.8. The summed E-state index contributed by atoms with van der Waals surface area (Å²) in [7, 11) is 0. The van der Waals surface area contributed by atoms with Crippen molar-refractivity contribution in [3.05, 3.63) is 47.5 Å². The molecule has 0 aliphatic rings. The lowest BCUT2D eigenvalue weighted by atomic mass is 9.87. The van der Waals surface area contributed by atoms with Crippen LogP contribution in [0.15, 0.2) is 36.4 Å². The average Bonchev–Trinajstić information content (AvgIpc) is 2.33. The minimum absolute atomic E-state index is 0.0000350. The Bertz CT molecular complexity index is 410. The topological polar surface area (TPSA) is 29.1 Å². The molecule has 0 saturated heterocycles. The summed E-state index contributed by atoms with van der Waals surface area (Å²) < 4.78 is 0. The smallest absolute Gasteiger partial charge is 0.251 e. The summed E-state index contributed by atoms with van der Waals surface area (Å²) >= 11 is 0. The van der Waals surface area contributed by atoms with Gasteiger partial charge in [0, 0.05) is 12.1 Å². The van der Waals surface area contributed by atoms with E-state index in [1.807, 2.05) is 43.3 Å². The molecule has 1 aromatic carbocycles. The molecule has 0 saturated carbocycles. The monoisotopic (exact) mass is 245 g/mol. The second-order valence-electron chi connectivity index (χ2n) is 5.44. The number of rotatable bonds is 4. The van der Waals surface area contributed by atoms with Gasteiger partial charge in [0.25, 0.3) is 5.91 Å². The number of benzene rings is 1. The lowest BCUT2D eigenvalue weighted by Crippen LogP contribution is -2.24. The fourth-order valence-corrected chi connectivity index (χ4v) is 1.66.